The van der Waals surface area contributed by atoms with Gasteiger partial charge in [-0.1, -0.05) is 0 Å². The van der Waals surface area contributed by atoms with Gasteiger partial charge in [0.05, 0.1) is 18.4 Å². The zero-order valence-electron chi connectivity index (χ0n) is 14.9. The maximum absolute atomic E-state index is 12.5. The fourth-order valence-corrected chi connectivity index (χ4v) is 3.03. The Morgan fingerprint density at radius 3 is 2.96 bits per heavy atom. The minimum absolute atomic E-state index is 0.0694. The molecule has 0 aromatic carbocycles. The first-order chi connectivity index (χ1) is 12.1. The smallest absolute Gasteiger partial charge is 0.224 e. The quantitative estimate of drug-likeness (QED) is 0.795. The zero-order chi connectivity index (χ0) is 17.6. The number of nitrogens with zero attached hydrogens (tertiary/aromatic N) is 5. The number of hydrogen-bond donors (Lipinski definition) is 0. The second-order valence-electron chi connectivity index (χ2n) is 6.49. The molecule has 1 fully saturated rings. The highest BCUT2D eigenvalue weighted by molar-refractivity contribution is 5.76. The summed E-state index contributed by atoms with van der Waals surface area (Å²) in [5.41, 5.74) is 2.97. The predicted molar refractivity (Wildman–Crippen MR) is 93.0 cm³/mol. The summed E-state index contributed by atoms with van der Waals surface area (Å²) < 4.78 is 7.64. The predicted octanol–water partition coefficient (Wildman–Crippen LogP) is 1.54. The first kappa shape index (κ1) is 17.5. The van der Waals surface area contributed by atoms with Crippen LogP contribution < -0.4 is 0 Å². The van der Waals surface area contributed by atoms with Crippen molar-refractivity contribution >= 4 is 5.91 Å². The van der Waals surface area contributed by atoms with Crippen molar-refractivity contribution in [1.29, 1.82) is 0 Å². The highest BCUT2D eigenvalue weighted by Crippen LogP contribution is 2.13. The molecule has 0 aliphatic carbocycles. The molecule has 0 radical (unpaired) electrons. The Hall–Kier alpha value is -2.28. The third-order valence-electron chi connectivity index (χ3n) is 4.40. The van der Waals surface area contributed by atoms with Gasteiger partial charge < -0.3 is 9.64 Å². The van der Waals surface area contributed by atoms with Crippen LogP contribution in [-0.4, -0.2) is 56.4 Å². The highest BCUT2D eigenvalue weighted by Gasteiger charge is 2.24. The minimum atomic E-state index is 0.0694. The van der Waals surface area contributed by atoms with Gasteiger partial charge in [0.2, 0.25) is 5.91 Å². The van der Waals surface area contributed by atoms with E-state index in [9.17, 15) is 4.79 Å². The Bertz CT molecular complexity index is 715. The van der Waals surface area contributed by atoms with E-state index in [1.807, 2.05) is 41.8 Å². The van der Waals surface area contributed by atoms with Crippen molar-refractivity contribution in [1.82, 2.24) is 24.6 Å². The van der Waals surface area contributed by atoms with Crippen LogP contribution in [-0.2, 0) is 22.5 Å². The van der Waals surface area contributed by atoms with E-state index in [-0.39, 0.29) is 12.0 Å². The van der Waals surface area contributed by atoms with Gasteiger partial charge in [-0.25, -0.2) is 9.97 Å². The lowest BCUT2D eigenvalue weighted by Gasteiger charge is -2.33. The molecule has 134 valence electrons. The van der Waals surface area contributed by atoms with Crippen LogP contribution in [0, 0.1) is 13.8 Å². The van der Waals surface area contributed by atoms with E-state index in [1.54, 1.807) is 6.33 Å². The number of aromatic nitrogens is 4. The van der Waals surface area contributed by atoms with Gasteiger partial charge in [-0.15, -0.1) is 0 Å². The Morgan fingerprint density at radius 1 is 1.32 bits per heavy atom. The Balaban J connectivity index is 1.46. The van der Waals surface area contributed by atoms with Gasteiger partial charge >= 0.3 is 0 Å². The molecule has 0 spiro atoms. The van der Waals surface area contributed by atoms with Crippen LogP contribution in [0.1, 0.15) is 29.9 Å². The van der Waals surface area contributed by atoms with Crippen LogP contribution in [0.5, 0.6) is 0 Å². The molecule has 1 amide bonds. The molecule has 3 heterocycles. The lowest BCUT2D eigenvalue weighted by molar-refractivity contribution is -0.139. The normalized spacial score (nSPS) is 17.7. The fraction of sp³-hybridized carbons (Fsp3) is 0.556. The maximum Gasteiger partial charge on any atom is 0.224 e. The standard InChI is InChI=1S/C18H25N5O2/c1-14-5-7-23(21-14)8-6-18(24)22-9-10-25-17(12-22)4-3-16-11-15(2)19-13-20-16/h5,7,11,13,17H,3-4,6,8-10,12H2,1-2H3. The summed E-state index contributed by atoms with van der Waals surface area (Å²) in [7, 11) is 0. The number of hydrogen-bond acceptors (Lipinski definition) is 5. The van der Waals surface area contributed by atoms with Crippen molar-refractivity contribution in [2.45, 2.75) is 45.8 Å². The van der Waals surface area contributed by atoms with E-state index >= 15 is 0 Å². The topological polar surface area (TPSA) is 73.1 Å². The summed E-state index contributed by atoms with van der Waals surface area (Å²) in [5.74, 6) is 0.166. The summed E-state index contributed by atoms with van der Waals surface area (Å²) in [5, 5.41) is 4.32. The molecule has 1 unspecified atom stereocenters. The van der Waals surface area contributed by atoms with Gasteiger partial charge in [0.15, 0.2) is 0 Å². The number of ether oxygens (including phenoxy) is 1. The fourth-order valence-electron chi connectivity index (χ4n) is 3.03. The van der Waals surface area contributed by atoms with Gasteiger partial charge in [-0.2, -0.15) is 5.10 Å². The Morgan fingerprint density at radius 2 is 2.20 bits per heavy atom. The Labute approximate surface area is 148 Å². The summed E-state index contributed by atoms with van der Waals surface area (Å²) in [6, 6.07) is 3.95. The molecule has 0 saturated carbocycles. The number of carbonyl (C=O) groups is 1. The molecule has 2 aromatic heterocycles. The molecule has 2 aromatic rings. The van der Waals surface area contributed by atoms with Gasteiger partial charge in [0.25, 0.3) is 0 Å². The lowest BCUT2D eigenvalue weighted by atomic mass is 10.1. The average Bonchev–Trinajstić information content (AvgIpc) is 3.03. The molecule has 1 atom stereocenters. The van der Waals surface area contributed by atoms with Crippen molar-refractivity contribution < 1.29 is 9.53 Å². The summed E-state index contributed by atoms with van der Waals surface area (Å²) in [6.45, 7) is 6.45. The lowest BCUT2D eigenvalue weighted by Crippen LogP contribution is -2.46. The SMILES string of the molecule is Cc1cc(CCC2CN(C(=O)CCn3ccc(C)n3)CCO2)ncn1. The summed E-state index contributed by atoms with van der Waals surface area (Å²) in [6.07, 6.45) is 5.74. The largest absolute Gasteiger partial charge is 0.375 e. The van der Waals surface area contributed by atoms with Crippen LogP contribution in [0.2, 0.25) is 0 Å². The molecule has 3 rings (SSSR count). The third kappa shape index (κ3) is 5.09. The number of amides is 1. The maximum atomic E-state index is 12.5. The molecule has 7 heteroatoms. The van der Waals surface area contributed by atoms with E-state index < -0.39 is 0 Å². The highest BCUT2D eigenvalue weighted by atomic mass is 16.5. The van der Waals surface area contributed by atoms with Crippen molar-refractivity contribution in [2.24, 2.45) is 0 Å². The van der Waals surface area contributed by atoms with Gasteiger partial charge in [0.1, 0.15) is 6.33 Å². The monoisotopic (exact) mass is 343 g/mol. The second-order valence-corrected chi connectivity index (χ2v) is 6.49. The van der Waals surface area contributed by atoms with Crippen LogP contribution in [0.15, 0.2) is 24.7 Å². The molecule has 25 heavy (non-hydrogen) atoms. The van der Waals surface area contributed by atoms with Crippen LogP contribution >= 0.6 is 0 Å². The van der Waals surface area contributed by atoms with Crippen LogP contribution in [0.25, 0.3) is 0 Å². The molecule has 1 aliphatic heterocycles. The minimum Gasteiger partial charge on any atom is -0.375 e. The molecular formula is C18H25N5O2. The van der Waals surface area contributed by atoms with Gasteiger partial charge in [0, 0.05) is 43.6 Å². The summed E-state index contributed by atoms with van der Waals surface area (Å²) >= 11 is 0. The number of morpholine rings is 1. The van der Waals surface area contributed by atoms with Crippen molar-refractivity contribution in [3.05, 3.63) is 41.7 Å². The van der Waals surface area contributed by atoms with Crippen molar-refractivity contribution in [2.75, 3.05) is 19.7 Å². The Kier molecular flexibility index (Phi) is 5.75. The van der Waals surface area contributed by atoms with E-state index in [2.05, 4.69) is 15.1 Å². The van der Waals surface area contributed by atoms with E-state index in [1.165, 1.54) is 0 Å². The van der Waals surface area contributed by atoms with Crippen molar-refractivity contribution in [3.63, 3.8) is 0 Å². The van der Waals surface area contributed by atoms with Gasteiger partial charge in [-0.05, 0) is 38.8 Å². The van der Waals surface area contributed by atoms with E-state index in [4.69, 9.17) is 4.74 Å². The molecule has 1 aliphatic rings. The van der Waals surface area contributed by atoms with Crippen molar-refractivity contribution in [3.8, 4) is 0 Å². The number of carbonyl (C=O) groups excluding carboxylic acids is 1. The first-order valence-electron chi connectivity index (χ1n) is 8.77. The second kappa shape index (κ2) is 8.20. The zero-order valence-corrected chi connectivity index (χ0v) is 14.9. The van der Waals surface area contributed by atoms with Crippen LogP contribution in [0.3, 0.4) is 0 Å². The molecule has 0 N–H and O–H groups in total. The molecule has 1 saturated heterocycles. The molecule has 0 bridgehead atoms. The number of rotatable bonds is 6. The average molecular weight is 343 g/mol. The molecular weight excluding hydrogens is 318 g/mol. The van der Waals surface area contributed by atoms with Gasteiger partial charge in [-0.3, -0.25) is 9.48 Å². The van der Waals surface area contributed by atoms with E-state index in [0.29, 0.717) is 32.7 Å². The van der Waals surface area contributed by atoms with E-state index in [0.717, 1.165) is 29.9 Å². The van der Waals surface area contributed by atoms with Crippen LogP contribution in [0.4, 0.5) is 0 Å². The molecule has 7 nitrogen and oxygen atoms in total. The first-order valence-corrected chi connectivity index (χ1v) is 8.77. The summed E-state index contributed by atoms with van der Waals surface area (Å²) in [4.78, 5) is 22.8. The number of aryl methyl sites for hydroxylation is 4. The third-order valence-corrected chi connectivity index (χ3v) is 4.40.